The average molecular weight is 250 g/mol. The summed E-state index contributed by atoms with van der Waals surface area (Å²) in [6, 6.07) is 6.15. The van der Waals surface area contributed by atoms with Gasteiger partial charge in [-0.2, -0.15) is 0 Å². The maximum Gasteiger partial charge on any atom is 0.165 e. The van der Waals surface area contributed by atoms with E-state index >= 15 is 0 Å². The van der Waals surface area contributed by atoms with Crippen LogP contribution in [-0.2, 0) is 0 Å². The summed E-state index contributed by atoms with van der Waals surface area (Å²) in [4.78, 5) is 0. The second-order valence-electron chi connectivity index (χ2n) is 4.17. The number of benzene rings is 1. The second-order valence-corrected chi connectivity index (χ2v) is 4.17. The Balaban J connectivity index is 2.37. The Bertz CT molecular complexity index is 560. The second kappa shape index (κ2) is 4.82. The molecule has 18 heavy (non-hydrogen) atoms. The Labute approximate surface area is 105 Å². The third kappa shape index (κ3) is 2.24. The highest BCUT2D eigenvalue weighted by Crippen LogP contribution is 2.29. The Morgan fingerprint density at radius 2 is 2.00 bits per heavy atom. The van der Waals surface area contributed by atoms with E-state index in [-0.39, 0.29) is 5.75 Å². The Hall–Kier alpha value is -1.81. The van der Waals surface area contributed by atoms with Crippen LogP contribution in [0, 0.1) is 19.7 Å². The number of aryl methyl sites for hydroxylation is 2. The Morgan fingerprint density at radius 1 is 1.28 bits per heavy atom. The van der Waals surface area contributed by atoms with E-state index in [1.165, 1.54) is 19.2 Å². The van der Waals surface area contributed by atoms with Crippen LogP contribution in [-0.4, -0.2) is 12.2 Å². The van der Waals surface area contributed by atoms with Crippen molar-refractivity contribution in [1.29, 1.82) is 0 Å². The predicted octanol–water partition coefficient (Wildman–Crippen LogP) is 3.13. The lowest BCUT2D eigenvalue weighted by atomic mass is 10.0. The van der Waals surface area contributed by atoms with E-state index in [0.717, 1.165) is 5.76 Å². The van der Waals surface area contributed by atoms with Crippen molar-refractivity contribution in [2.24, 2.45) is 0 Å². The van der Waals surface area contributed by atoms with E-state index in [2.05, 4.69) is 0 Å². The first-order chi connectivity index (χ1) is 8.52. The minimum absolute atomic E-state index is 0.158. The van der Waals surface area contributed by atoms with Crippen LogP contribution < -0.4 is 4.74 Å². The summed E-state index contributed by atoms with van der Waals surface area (Å²) < 4.78 is 23.8. The molecule has 0 amide bonds. The lowest BCUT2D eigenvalue weighted by Gasteiger charge is -2.11. The smallest absolute Gasteiger partial charge is 0.165 e. The first-order valence-electron chi connectivity index (χ1n) is 5.61. The lowest BCUT2D eigenvalue weighted by Crippen LogP contribution is -2.01. The van der Waals surface area contributed by atoms with Crippen LogP contribution in [0.4, 0.5) is 4.39 Å². The third-order valence-electron chi connectivity index (χ3n) is 2.87. The monoisotopic (exact) mass is 250 g/mol. The molecule has 0 fully saturated rings. The summed E-state index contributed by atoms with van der Waals surface area (Å²) in [5, 5.41) is 10.2. The maximum atomic E-state index is 13.6. The number of hydrogen-bond acceptors (Lipinski definition) is 3. The molecule has 0 aliphatic heterocycles. The standard InChI is InChI=1S/C14H15FO3/c1-8-6-11(9(2)18-8)14(16)10-4-5-13(17-3)12(15)7-10/h4-7,14,16H,1-3H3. The minimum Gasteiger partial charge on any atom is -0.494 e. The highest BCUT2D eigenvalue weighted by Gasteiger charge is 2.18. The molecule has 0 aliphatic carbocycles. The summed E-state index contributed by atoms with van der Waals surface area (Å²) in [5.74, 6) is 1.02. The van der Waals surface area contributed by atoms with Crippen molar-refractivity contribution in [3.05, 3.63) is 52.7 Å². The maximum absolute atomic E-state index is 13.6. The number of aliphatic hydroxyl groups excluding tert-OH is 1. The fourth-order valence-electron chi connectivity index (χ4n) is 1.95. The van der Waals surface area contributed by atoms with E-state index in [9.17, 15) is 9.50 Å². The van der Waals surface area contributed by atoms with Gasteiger partial charge in [0.15, 0.2) is 11.6 Å². The van der Waals surface area contributed by atoms with Gasteiger partial charge >= 0.3 is 0 Å². The van der Waals surface area contributed by atoms with Crippen molar-refractivity contribution < 1.29 is 18.7 Å². The number of furan rings is 1. The molecule has 1 unspecified atom stereocenters. The van der Waals surface area contributed by atoms with Gasteiger partial charge in [0.05, 0.1) is 7.11 Å². The number of ether oxygens (including phenoxy) is 1. The van der Waals surface area contributed by atoms with Gasteiger partial charge in [0.25, 0.3) is 0 Å². The van der Waals surface area contributed by atoms with Gasteiger partial charge in [0.1, 0.15) is 17.6 Å². The van der Waals surface area contributed by atoms with Crippen molar-refractivity contribution in [2.75, 3.05) is 7.11 Å². The molecule has 0 radical (unpaired) electrons. The van der Waals surface area contributed by atoms with Crippen molar-refractivity contribution >= 4 is 0 Å². The molecule has 0 saturated carbocycles. The number of methoxy groups -OCH3 is 1. The molecule has 2 aromatic rings. The van der Waals surface area contributed by atoms with Gasteiger partial charge in [0, 0.05) is 5.56 Å². The third-order valence-corrected chi connectivity index (χ3v) is 2.87. The molecular weight excluding hydrogens is 235 g/mol. The zero-order valence-electron chi connectivity index (χ0n) is 10.5. The van der Waals surface area contributed by atoms with Crippen molar-refractivity contribution in [3.63, 3.8) is 0 Å². The summed E-state index contributed by atoms with van der Waals surface area (Å²) in [5.41, 5.74) is 1.12. The largest absolute Gasteiger partial charge is 0.494 e. The molecule has 1 aromatic carbocycles. The molecule has 3 nitrogen and oxygen atoms in total. The number of hydrogen-bond donors (Lipinski definition) is 1. The number of rotatable bonds is 3. The van der Waals surface area contributed by atoms with Crippen LogP contribution in [0.3, 0.4) is 0 Å². The molecule has 0 spiro atoms. The SMILES string of the molecule is COc1ccc(C(O)c2cc(C)oc2C)cc1F. The Morgan fingerprint density at radius 3 is 2.50 bits per heavy atom. The van der Waals surface area contributed by atoms with Crippen molar-refractivity contribution in [1.82, 2.24) is 0 Å². The first kappa shape index (κ1) is 12.6. The van der Waals surface area contributed by atoms with Crippen LogP contribution >= 0.6 is 0 Å². The highest BCUT2D eigenvalue weighted by molar-refractivity contribution is 5.36. The molecule has 0 aliphatic rings. The summed E-state index contributed by atoms with van der Waals surface area (Å²) >= 11 is 0. The van der Waals surface area contributed by atoms with Crippen LogP contribution in [0.2, 0.25) is 0 Å². The molecule has 1 N–H and O–H groups in total. The zero-order valence-corrected chi connectivity index (χ0v) is 10.5. The van der Waals surface area contributed by atoms with Crippen LogP contribution in [0.25, 0.3) is 0 Å². The normalized spacial score (nSPS) is 12.5. The number of halogens is 1. The number of aliphatic hydroxyl groups is 1. The summed E-state index contributed by atoms with van der Waals surface area (Å²) in [7, 11) is 1.40. The van der Waals surface area contributed by atoms with Crippen LogP contribution in [0.5, 0.6) is 5.75 Å². The molecule has 1 aromatic heterocycles. The summed E-state index contributed by atoms with van der Waals surface area (Å²) in [6.45, 7) is 3.57. The molecule has 1 atom stereocenters. The van der Waals surface area contributed by atoms with E-state index in [0.29, 0.717) is 16.9 Å². The van der Waals surface area contributed by atoms with Gasteiger partial charge in [-0.15, -0.1) is 0 Å². The molecule has 96 valence electrons. The first-order valence-corrected chi connectivity index (χ1v) is 5.61. The molecule has 2 rings (SSSR count). The Kier molecular flexibility index (Phi) is 3.39. The molecule has 4 heteroatoms. The van der Waals surface area contributed by atoms with Crippen LogP contribution in [0.15, 0.2) is 28.7 Å². The quantitative estimate of drug-likeness (QED) is 0.910. The van der Waals surface area contributed by atoms with Crippen LogP contribution in [0.1, 0.15) is 28.8 Å². The van der Waals surface area contributed by atoms with Gasteiger partial charge in [0.2, 0.25) is 0 Å². The fraction of sp³-hybridized carbons (Fsp3) is 0.286. The highest BCUT2D eigenvalue weighted by atomic mass is 19.1. The predicted molar refractivity (Wildman–Crippen MR) is 65.2 cm³/mol. The van der Waals surface area contributed by atoms with E-state index < -0.39 is 11.9 Å². The summed E-state index contributed by atoms with van der Waals surface area (Å²) in [6.07, 6.45) is -0.900. The molecule has 0 bridgehead atoms. The minimum atomic E-state index is -0.900. The molecule has 0 saturated heterocycles. The van der Waals surface area contributed by atoms with Crippen molar-refractivity contribution in [2.45, 2.75) is 20.0 Å². The van der Waals surface area contributed by atoms with Gasteiger partial charge in [-0.3, -0.25) is 0 Å². The van der Waals surface area contributed by atoms with Gasteiger partial charge in [-0.05, 0) is 37.6 Å². The van der Waals surface area contributed by atoms with Gasteiger partial charge in [-0.1, -0.05) is 6.07 Å². The lowest BCUT2D eigenvalue weighted by molar-refractivity contribution is 0.217. The molecule has 1 heterocycles. The van der Waals surface area contributed by atoms with Crippen molar-refractivity contribution in [3.8, 4) is 5.75 Å². The fourth-order valence-corrected chi connectivity index (χ4v) is 1.95. The van der Waals surface area contributed by atoms with E-state index in [4.69, 9.17) is 9.15 Å². The zero-order chi connectivity index (χ0) is 13.3. The topological polar surface area (TPSA) is 42.6 Å². The van der Waals surface area contributed by atoms with E-state index in [1.807, 2.05) is 0 Å². The van der Waals surface area contributed by atoms with E-state index in [1.54, 1.807) is 26.0 Å². The average Bonchev–Trinajstić information content (AvgIpc) is 2.67. The van der Waals surface area contributed by atoms with Gasteiger partial charge in [-0.25, -0.2) is 4.39 Å². The van der Waals surface area contributed by atoms with Gasteiger partial charge < -0.3 is 14.3 Å². The molecular formula is C14H15FO3.